The summed E-state index contributed by atoms with van der Waals surface area (Å²) in [5.74, 6) is 0.243. The van der Waals surface area contributed by atoms with Crippen LogP contribution in [-0.4, -0.2) is 32.7 Å². The van der Waals surface area contributed by atoms with Crippen molar-refractivity contribution in [1.29, 1.82) is 0 Å². The lowest BCUT2D eigenvalue weighted by molar-refractivity contribution is -0.130. The molecule has 0 aliphatic carbocycles. The molecule has 0 N–H and O–H groups in total. The topological polar surface area (TPSA) is 50.5 Å². The van der Waals surface area contributed by atoms with Gasteiger partial charge in [0, 0.05) is 12.6 Å². The van der Waals surface area contributed by atoms with E-state index in [0.717, 1.165) is 22.0 Å². The molecule has 27 heavy (non-hydrogen) atoms. The van der Waals surface area contributed by atoms with E-state index in [1.807, 2.05) is 60.7 Å². The Labute approximate surface area is 170 Å². The molecule has 3 aromatic rings. The summed E-state index contributed by atoms with van der Waals surface area (Å²) in [7, 11) is 0. The maximum Gasteiger partial charge on any atom is 0.253 e. The molecular weight excluding hydrogens is 396 g/mol. The van der Waals surface area contributed by atoms with Gasteiger partial charge < -0.3 is 0 Å². The van der Waals surface area contributed by atoms with Crippen molar-refractivity contribution in [3.05, 3.63) is 70.2 Å². The van der Waals surface area contributed by atoms with E-state index in [9.17, 15) is 4.79 Å². The first-order valence-corrected chi connectivity index (χ1v) is 10.6. The van der Waals surface area contributed by atoms with Crippen molar-refractivity contribution in [2.75, 3.05) is 5.75 Å². The van der Waals surface area contributed by atoms with Crippen LogP contribution in [0.1, 0.15) is 18.0 Å². The zero-order valence-electron chi connectivity index (χ0n) is 14.3. The highest BCUT2D eigenvalue weighted by Crippen LogP contribution is 2.30. The molecule has 0 radical (unpaired) electrons. The molecule has 0 fully saturated rings. The third-order valence-corrected chi connectivity index (χ3v) is 6.47. The van der Waals surface area contributed by atoms with Crippen molar-refractivity contribution in [1.82, 2.24) is 14.8 Å². The predicted octanol–water partition coefficient (Wildman–Crippen LogP) is 4.71. The van der Waals surface area contributed by atoms with Crippen molar-refractivity contribution < 1.29 is 4.79 Å². The van der Waals surface area contributed by atoms with Crippen LogP contribution < -0.4 is 0 Å². The molecule has 1 aliphatic rings. The molecule has 8 heteroatoms. The Morgan fingerprint density at radius 1 is 1.15 bits per heavy atom. The van der Waals surface area contributed by atoms with Crippen molar-refractivity contribution in [2.24, 2.45) is 5.10 Å². The lowest BCUT2D eigenvalue weighted by Crippen LogP contribution is -2.28. The summed E-state index contributed by atoms with van der Waals surface area (Å²) in [6, 6.07) is 19.7. The standard InChI is InChI=1S/C19H16N4OS3/c24-17(23-16(11-12-20-23)14-7-3-1-4-8-14)13-26-18-21-22(19(25)27-18)15-9-5-2-6-10-15/h1-10,12,16H,11,13H2. The highest BCUT2D eigenvalue weighted by molar-refractivity contribution is 8.01. The van der Waals surface area contributed by atoms with E-state index in [1.54, 1.807) is 15.9 Å². The number of thioether (sulfide) groups is 1. The lowest BCUT2D eigenvalue weighted by atomic mass is 10.0. The number of carbonyl (C=O) groups is 1. The van der Waals surface area contributed by atoms with Crippen molar-refractivity contribution >= 4 is 47.4 Å². The van der Waals surface area contributed by atoms with Gasteiger partial charge in [-0.3, -0.25) is 4.79 Å². The van der Waals surface area contributed by atoms with Crippen molar-refractivity contribution in [3.63, 3.8) is 0 Å². The molecule has 0 bridgehead atoms. The molecule has 0 saturated heterocycles. The van der Waals surface area contributed by atoms with E-state index in [-0.39, 0.29) is 17.7 Å². The summed E-state index contributed by atoms with van der Waals surface area (Å²) in [6.45, 7) is 0. The molecule has 1 aliphatic heterocycles. The third kappa shape index (κ3) is 4.02. The predicted molar refractivity (Wildman–Crippen MR) is 112 cm³/mol. The normalized spacial score (nSPS) is 16.0. The van der Waals surface area contributed by atoms with Gasteiger partial charge in [-0.15, -0.1) is 5.10 Å². The average molecular weight is 413 g/mol. The molecule has 0 spiro atoms. The van der Waals surface area contributed by atoms with Crippen LogP contribution in [-0.2, 0) is 4.79 Å². The Bertz CT molecular complexity index is 1010. The number of hydrogen-bond acceptors (Lipinski definition) is 6. The van der Waals surface area contributed by atoms with Gasteiger partial charge >= 0.3 is 0 Å². The Balaban J connectivity index is 1.44. The molecule has 1 aromatic heterocycles. The molecular formula is C19H16N4OS3. The van der Waals surface area contributed by atoms with Gasteiger partial charge in [0.2, 0.25) is 0 Å². The van der Waals surface area contributed by atoms with Gasteiger partial charge in [0.1, 0.15) is 0 Å². The number of hydrogen-bond donors (Lipinski definition) is 0. The molecule has 2 aromatic carbocycles. The highest BCUT2D eigenvalue weighted by Gasteiger charge is 2.28. The average Bonchev–Trinajstić information content (AvgIpc) is 3.34. The number of hydrazone groups is 1. The SMILES string of the molecule is O=C(CSc1nn(-c2ccccc2)c(=S)s1)N1N=CCC1c1ccccc1. The van der Waals surface area contributed by atoms with Crippen LogP contribution in [0.3, 0.4) is 0 Å². The van der Waals surface area contributed by atoms with Gasteiger partial charge in [0.25, 0.3) is 5.91 Å². The first kappa shape index (κ1) is 18.1. The van der Waals surface area contributed by atoms with E-state index in [1.165, 1.54) is 23.1 Å². The molecule has 2 heterocycles. The zero-order valence-corrected chi connectivity index (χ0v) is 16.7. The van der Waals surface area contributed by atoms with E-state index in [0.29, 0.717) is 3.95 Å². The van der Waals surface area contributed by atoms with E-state index >= 15 is 0 Å². The summed E-state index contributed by atoms with van der Waals surface area (Å²) in [5.41, 5.74) is 2.02. The molecule has 1 atom stereocenters. The summed E-state index contributed by atoms with van der Waals surface area (Å²) < 4.78 is 3.17. The molecule has 5 nitrogen and oxygen atoms in total. The Morgan fingerprint density at radius 3 is 2.59 bits per heavy atom. The Hall–Kier alpha value is -2.29. The third-order valence-electron chi connectivity index (χ3n) is 4.12. The van der Waals surface area contributed by atoms with Gasteiger partial charge in [-0.1, -0.05) is 71.6 Å². The van der Waals surface area contributed by atoms with Crippen LogP contribution in [0.4, 0.5) is 0 Å². The fourth-order valence-corrected chi connectivity index (χ4v) is 5.06. The van der Waals surface area contributed by atoms with Crippen LogP contribution in [0.15, 0.2) is 70.1 Å². The summed E-state index contributed by atoms with van der Waals surface area (Å²) in [5, 5.41) is 10.4. The Kier molecular flexibility index (Phi) is 5.47. The van der Waals surface area contributed by atoms with Crippen LogP contribution >= 0.6 is 35.3 Å². The first-order chi connectivity index (χ1) is 13.2. The second-order valence-electron chi connectivity index (χ2n) is 5.87. The first-order valence-electron chi connectivity index (χ1n) is 8.40. The van der Waals surface area contributed by atoms with Crippen LogP contribution in [0, 0.1) is 3.95 Å². The lowest BCUT2D eigenvalue weighted by Gasteiger charge is -2.21. The molecule has 4 rings (SSSR count). The Morgan fingerprint density at radius 2 is 1.85 bits per heavy atom. The summed E-state index contributed by atoms with van der Waals surface area (Å²) in [4.78, 5) is 12.7. The van der Waals surface area contributed by atoms with Crippen LogP contribution in [0.2, 0.25) is 0 Å². The second kappa shape index (κ2) is 8.16. The molecule has 1 unspecified atom stereocenters. The quantitative estimate of drug-likeness (QED) is 0.450. The van der Waals surface area contributed by atoms with Crippen molar-refractivity contribution in [3.8, 4) is 5.69 Å². The molecule has 136 valence electrons. The highest BCUT2D eigenvalue weighted by atomic mass is 32.2. The van der Waals surface area contributed by atoms with Gasteiger partial charge in [-0.2, -0.15) is 5.10 Å². The van der Waals surface area contributed by atoms with E-state index < -0.39 is 0 Å². The van der Waals surface area contributed by atoms with E-state index in [2.05, 4.69) is 10.2 Å². The number of aromatic nitrogens is 2. The minimum Gasteiger partial charge on any atom is -0.272 e. The second-order valence-corrected chi connectivity index (χ2v) is 8.71. The van der Waals surface area contributed by atoms with Gasteiger partial charge in [-0.25, -0.2) is 9.69 Å². The molecule has 0 saturated carbocycles. The summed E-state index contributed by atoms with van der Waals surface area (Å²) in [6.07, 6.45) is 2.54. The van der Waals surface area contributed by atoms with Gasteiger partial charge in [-0.05, 0) is 29.9 Å². The monoisotopic (exact) mass is 412 g/mol. The fraction of sp³-hybridized carbons (Fsp3) is 0.158. The number of rotatable bonds is 5. The van der Waals surface area contributed by atoms with Gasteiger partial charge in [0.05, 0.1) is 17.5 Å². The number of carbonyl (C=O) groups excluding carboxylic acids is 1. The largest absolute Gasteiger partial charge is 0.272 e. The summed E-state index contributed by atoms with van der Waals surface area (Å²) >= 11 is 8.22. The maximum absolute atomic E-state index is 12.7. The smallest absolute Gasteiger partial charge is 0.253 e. The fourth-order valence-electron chi connectivity index (χ4n) is 2.85. The van der Waals surface area contributed by atoms with Crippen LogP contribution in [0.25, 0.3) is 5.69 Å². The number of benzene rings is 2. The number of nitrogens with zero attached hydrogens (tertiary/aromatic N) is 4. The van der Waals surface area contributed by atoms with E-state index in [4.69, 9.17) is 12.2 Å². The molecule has 1 amide bonds. The minimum atomic E-state index is -0.0324. The van der Waals surface area contributed by atoms with Crippen molar-refractivity contribution in [2.45, 2.75) is 16.8 Å². The minimum absolute atomic E-state index is 0.0284. The van der Waals surface area contributed by atoms with Crippen LogP contribution in [0.5, 0.6) is 0 Å². The number of para-hydroxylation sites is 1. The number of amides is 1. The zero-order chi connectivity index (χ0) is 18.6. The van der Waals surface area contributed by atoms with Gasteiger partial charge in [0.15, 0.2) is 8.29 Å². The maximum atomic E-state index is 12.7.